The monoisotopic (exact) mass is 256 g/mol. The van der Waals surface area contributed by atoms with Gasteiger partial charge >= 0.3 is 12.3 Å². The third kappa shape index (κ3) is 1.63. The van der Waals surface area contributed by atoms with E-state index in [-0.39, 0.29) is 6.07 Å². The van der Waals surface area contributed by atoms with Crippen molar-refractivity contribution in [2.24, 2.45) is 0 Å². The molecule has 0 fully saturated rings. The molecule has 0 unspecified atom stereocenters. The molecule has 0 radical (unpaired) electrons. The van der Waals surface area contributed by atoms with E-state index in [1.165, 1.54) is 0 Å². The van der Waals surface area contributed by atoms with Gasteiger partial charge in [-0.05, 0) is 12.1 Å². The molecule has 0 saturated carbocycles. The first-order valence-electron chi connectivity index (χ1n) is 4.16. The molecule has 0 spiro atoms. The number of alkyl halides is 5. The number of Topliss-reactive ketones (excluding diaryl/α,β-unsaturated/α-hetero) is 1. The highest BCUT2D eigenvalue weighted by Crippen LogP contribution is 2.45. The molecule has 17 heavy (non-hydrogen) atoms. The summed E-state index contributed by atoms with van der Waals surface area (Å²) in [5, 5.41) is 0. The van der Waals surface area contributed by atoms with E-state index in [0.717, 1.165) is 0 Å². The molecular weight excluding hydrogens is 254 g/mol. The van der Waals surface area contributed by atoms with Gasteiger partial charge in [-0.15, -0.1) is 0 Å². The minimum Gasteiger partial charge on any atom is -0.422 e. The highest BCUT2D eigenvalue weighted by Gasteiger charge is 2.55. The number of carbonyl (C=O) groups excluding carboxylic acids is 1. The van der Waals surface area contributed by atoms with Crippen LogP contribution in [0.5, 0.6) is 5.75 Å². The topological polar surface area (TPSA) is 26.3 Å². The zero-order valence-electron chi connectivity index (χ0n) is 7.74. The normalized spacial score (nSPS) is 17.9. The fourth-order valence-electron chi connectivity index (χ4n) is 1.44. The zero-order chi connectivity index (χ0) is 13.0. The quantitative estimate of drug-likeness (QED) is 0.667. The lowest BCUT2D eigenvalue weighted by molar-refractivity contribution is -0.137. The number of ketones is 1. The van der Waals surface area contributed by atoms with Crippen molar-refractivity contribution in [2.45, 2.75) is 12.3 Å². The minimum absolute atomic E-state index is 0.219. The molecule has 1 heterocycles. The van der Waals surface area contributed by atoms with Gasteiger partial charge < -0.3 is 4.74 Å². The van der Waals surface area contributed by atoms with Crippen LogP contribution in [0.15, 0.2) is 12.1 Å². The summed E-state index contributed by atoms with van der Waals surface area (Å²) in [6.07, 6.45) is -9.51. The van der Waals surface area contributed by atoms with E-state index in [1.807, 2.05) is 0 Å². The fraction of sp³-hybridized carbons (Fsp3) is 0.222. The molecule has 0 bridgehead atoms. The SMILES string of the molecule is O=C1c2c(C(F)(F)F)ccc(F)c2OC1(F)F. The van der Waals surface area contributed by atoms with Crippen molar-refractivity contribution in [3.05, 3.63) is 29.1 Å². The van der Waals surface area contributed by atoms with Crippen LogP contribution < -0.4 is 4.74 Å². The van der Waals surface area contributed by atoms with E-state index in [9.17, 15) is 31.1 Å². The maximum Gasteiger partial charge on any atom is 0.466 e. The molecule has 1 aromatic carbocycles. The minimum atomic E-state index is -5.04. The van der Waals surface area contributed by atoms with Crippen LogP contribution in [0.3, 0.4) is 0 Å². The second kappa shape index (κ2) is 3.14. The van der Waals surface area contributed by atoms with Crippen molar-refractivity contribution in [3.8, 4) is 5.75 Å². The Labute approximate surface area is 89.8 Å². The Morgan fingerprint density at radius 1 is 1.18 bits per heavy atom. The second-order valence-corrected chi connectivity index (χ2v) is 3.24. The molecule has 1 aliphatic heterocycles. The van der Waals surface area contributed by atoms with Crippen LogP contribution in [0.25, 0.3) is 0 Å². The van der Waals surface area contributed by atoms with Gasteiger partial charge in [0.05, 0.1) is 11.1 Å². The number of hydrogen-bond acceptors (Lipinski definition) is 2. The first-order valence-corrected chi connectivity index (χ1v) is 4.16. The van der Waals surface area contributed by atoms with E-state index in [0.29, 0.717) is 6.07 Å². The van der Waals surface area contributed by atoms with Crippen LogP contribution in [0, 0.1) is 5.82 Å². The molecule has 1 aliphatic rings. The molecule has 0 N–H and O–H groups in total. The van der Waals surface area contributed by atoms with E-state index in [4.69, 9.17) is 0 Å². The summed E-state index contributed by atoms with van der Waals surface area (Å²) in [6, 6.07) is 0.535. The lowest BCUT2D eigenvalue weighted by Crippen LogP contribution is -2.29. The Kier molecular flexibility index (Phi) is 2.17. The van der Waals surface area contributed by atoms with E-state index >= 15 is 0 Å². The van der Waals surface area contributed by atoms with Gasteiger partial charge in [-0.1, -0.05) is 0 Å². The van der Waals surface area contributed by atoms with Crippen LogP contribution in [-0.2, 0) is 6.18 Å². The number of halogens is 6. The zero-order valence-corrected chi connectivity index (χ0v) is 7.74. The van der Waals surface area contributed by atoms with E-state index in [1.54, 1.807) is 0 Å². The molecule has 0 saturated heterocycles. The lowest BCUT2D eigenvalue weighted by atomic mass is 10.0. The molecule has 0 atom stereocenters. The summed E-state index contributed by atoms with van der Waals surface area (Å²) in [6.45, 7) is 0. The van der Waals surface area contributed by atoms with Crippen LogP contribution >= 0.6 is 0 Å². The summed E-state index contributed by atoms with van der Waals surface area (Å²) in [5.41, 5.74) is -3.11. The van der Waals surface area contributed by atoms with Crippen molar-refractivity contribution >= 4 is 5.78 Å². The van der Waals surface area contributed by atoms with Gasteiger partial charge in [-0.2, -0.15) is 22.0 Å². The maximum absolute atomic E-state index is 13.0. The Bertz CT molecular complexity index is 505. The highest BCUT2D eigenvalue weighted by atomic mass is 19.4. The van der Waals surface area contributed by atoms with Crippen LogP contribution in [0.2, 0.25) is 0 Å². The average Bonchev–Trinajstić information content (AvgIpc) is 2.39. The van der Waals surface area contributed by atoms with Gasteiger partial charge in [0.2, 0.25) is 0 Å². The predicted octanol–water partition coefficient (Wildman–Crippen LogP) is 3.01. The number of rotatable bonds is 0. The summed E-state index contributed by atoms with van der Waals surface area (Å²) >= 11 is 0. The number of hydrogen-bond donors (Lipinski definition) is 0. The third-order valence-corrected chi connectivity index (χ3v) is 2.14. The van der Waals surface area contributed by atoms with Crippen LogP contribution in [0.4, 0.5) is 26.3 Å². The molecular formula is C9H2F6O2. The van der Waals surface area contributed by atoms with Gasteiger partial charge in [0, 0.05) is 0 Å². The van der Waals surface area contributed by atoms with Gasteiger partial charge in [-0.25, -0.2) is 4.39 Å². The summed E-state index contributed by atoms with van der Waals surface area (Å²) in [7, 11) is 0. The average molecular weight is 256 g/mol. The number of fused-ring (bicyclic) bond motifs is 1. The van der Waals surface area contributed by atoms with Crippen molar-refractivity contribution < 1.29 is 35.9 Å². The summed E-state index contributed by atoms with van der Waals surface area (Å²) in [5.74, 6) is -5.01. The van der Waals surface area contributed by atoms with Crippen molar-refractivity contribution in [1.82, 2.24) is 0 Å². The van der Waals surface area contributed by atoms with Gasteiger partial charge in [0.25, 0.3) is 5.78 Å². The Hall–Kier alpha value is -1.73. The maximum atomic E-state index is 13.0. The van der Waals surface area contributed by atoms with Crippen molar-refractivity contribution in [2.75, 3.05) is 0 Å². The van der Waals surface area contributed by atoms with Gasteiger partial charge in [0.15, 0.2) is 11.6 Å². The summed E-state index contributed by atoms with van der Waals surface area (Å²) < 4.78 is 79.4. The molecule has 0 amide bonds. The molecule has 2 nitrogen and oxygen atoms in total. The third-order valence-electron chi connectivity index (χ3n) is 2.14. The van der Waals surface area contributed by atoms with Crippen LogP contribution in [0.1, 0.15) is 15.9 Å². The number of benzene rings is 1. The van der Waals surface area contributed by atoms with Crippen molar-refractivity contribution in [1.29, 1.82) is 0 Å². The predicted molar refractivity (Wildman–Crippen MR) is 41.3 cm³/mol. The molecule has 8 heteroatoms. The van der Waals surface area contributed by atoms with E-state index in [2.05, 4.69) is 4.74 Å². The van der Waals surface area contributed by atoms with E-state index < -0.39 is 40.8 Å². The molecule has 0 aromatic heterocycles. The first-order chi connectivity index (χ1) is 7.64. The van der Waals surface area contributed by atoms with Crippen LogP contribution in [-0.4, -0.2) is 11.9 Å². The second-order valence-electron chi connectivity index (χ2n) is 3.24. The number of ether oxygens (including phenoxy) is 1. The molecule has 92 valence electrons. The Morgan fingerprint density at radius 3 is 2.29 bits per heavy atom. The standard InChI is InChI=1S/C9H2F6O2/c10-4-2-1-3(8(11,12)13)5-6(4)17-9(14,15)7(5)16/h1-2H. The summed E-state index contributed by atoms with van der Waals surface area (Å²) in [4.78, 5) is 11.0. The molecule has 0 aliphatic carbocycles. The lowest BCUT2D eigenvalue weighted by Gasteiger charge is -2.09. The Morgan fingerprint density at radius 2 is 1.76 bits per heavy atom. The molecule has 2 rings (SSSR count). The van der Waals surface area contributed by atoms with Crippen molar-refractivity contribution in [3.63, 3.8) is 0 Å². The highest BCUT2D eigenvalue weighted by molar-refractivity contribution is 6.06. The fourth-order valence-corrected chi connectivity index (χ4v) is 1.44. The Balaban J connectivity index is 2.73. The first kappa shape index (κ1) is 11.7. The van der Waals surface area contributed by atoms with Gasteiger partial charge in [0.1, 0.15) is 0 Å². The molecule has 1 aromatic rings. The largest absolute Gasteiger partial charge is 0.466 e. The van der Waals surface area contributed by atoms with Gasteiger partial charge in [-0.3, -0.25) is 4.79 Å². The smallest absolute Gasteiger partial charge is 0.422 e. The number of carbonyl (C=O) groups is 1.